The zero-order chi connectivity index (χ0) is 12.8. The maximum Gasteiger partial charge on any atom is 0.325 e. The average molecular weight is 238 g/mol. The van der Waals surface area contributed by atoms with Gasteiger partial charge in [0.2, 0.25) is 0 Å². The number of benzene rings is 1. The molecule has 0 radical (unpaired) electrons. The molecule has 3 N–H and O–H groups in total. The van der Waals surface area contributed by atoms with E-state index in [4.69, 9.17) is 9.84 Å². The molecule has 0 aliphatic carbocycles. The van der Waals surface area contributed by atoms with Gasteiger partial charge in [-0.05, 0) is 31.2 Å². The van der Waals surface area contributed by atoms with Crippen LogP contribution in [0.2, 0.25) is 0 Å². The highest BCUT2D eigenvalue weighted by atomic mass is 16.5. The first-order chi connectivity index (χ1) is 8.02. The molecule has 1 atom stereocenters. The average Bonchev–Trinajstić information content (AvgIpc) is 2.29. The fourth-order valence-corrected chi connectivity index (χ4v) is 1.10. The molecular formula is C11H14N2O4. The van der Waals surface area contributed by atoms with Gasteiger partial charge in [0.1, 0.15) is 11.8 Å². The van der Waals surface area contributed by atoms with Crippen LogP contribution in [0.1, 0.15) is 6.92 Å². The van der Waals surface area contributed by atoms with Crippen LogP contribution in [0.4, 0.5) is 10.5 Å². The summed E-state index contributed by atoms with van der Waals surface area (Å²) in [6.07, 6.45) is 0. The molecule has 0 spiro atoms. The van der Waals surface area contributed by atoms with Crippen molar-refractivity contribution in [2.45, 2.75) is 13.0 Å². The van der Waals surface area contributed by atoms with Crippen molar-refractivity contribution in [1.82, 2.24) is 5.32 Å². The zero-order valence-electron chi connectivity index (χ0n) is 9.56. The number of amides is 2. The number of rotatable bonds is 4. The van der Waals surface area contributed by atoms with Crippen molar-refractivity contribution < 1.29 is 19.4 Å². The molecule has 1 aromatic carbocycles. The van der Waals surface area contributed by atoms with Gasteiger partial charge < -0.3 is 20.5 Å². The van der Waals surface area contributed by atoms with Gasteiger partial charge >= 0.3 is 12.0 Å². The van der Waals surface area contributed by atoms with E-state index in [1.165, 1.54) is 6.92 Å². The lowest BCUT2D eigenvalue weighted by Crippen LogP contribution is -2.40. The molecule has 1 rings (SSSR count). The maximum absolute atomic E-state index is 11.4. The quantitative estimate of drug-likeness (QED) is 0.737. The highest BCUT2D eigenvalue weighted by Gasteiger charge is 2.13. The lowest BCUT2D eigenvalue weighted by atomic mass is 10.3. The summed E-state index contributed by atoms with van der Waals surface area (Å²) in [5.41, 5.74) is 0.556. The number of carbonyl (C=O) groups is 2. The van der Waals surface area contributed by atoms with Crippen LogP contribution in [-0.4, -0.2) is 30.3 Å². The number of nitrogens with one attached hydrogen (secondary N) is 2. The van der Waals surface area contributed by atoms with Crippen molar-refractivity contribution in [3.05, 3.63) is 24.3 Å². The van der Waals surface area contributed by atoms with Crippen LogP contribution in [0.25, 0.3) is 0 Å². The van der Waals surface area contributed by atoms with Crippen molar-refractivity contribution in [2.24, 2.45) is 0 Å². The number of hydrogen-bond acceptors (Lipinski definition) is 3. The number of carboxylic acid groups (broad SMARTS) is 1. The first-order valence-electron chi connectivity index (χ1n) is 4.97. The zero-order valence-corrected chi connectivity index (χ0v) is 9.56. The summed E-state index contributed by atoms with van der Waals surface area (Å²) in [4.78, 5) is 21.9. The molecule has 1 aromatic rings. The Bertz CT molecular complexity index is 402. The third-order valence-electron chi connectivity index (χ3n) is 2.07. The second-order valence-corrected chi connectivity index (χ2v) is 3.39. The fraction of sp³-hybridized carbons (Fsp3) is 0.273. The topological polar surface area (TPSA) is 87.7 Å². The molecule has 0 aromatic heterocycles. The molecule has 0 aliphatic heterocycles. The lowest BCUT2D eigenvalue weighted by molar-refractivity contribution is -0.138. The Morgan fingerprint density at radius 3 is 2.35 bits per heavy atom. The van der Waals surface area contributed by atoms with Gasteiger partial charge in [-0.3, -0.25) is 4.79 Å². The molecule has 0 bridgehead atoms. The van der Waals surface area contributed by atoms with Crippen molar-refractivity contribution in [2.75, 3.05) is 12.4 Å². The van der Waals surface area contributed by atoms with E-state index in [0.717, 1.165) is 0 Å². The predicted octanol–water partition coefficient (Wildman–Crippen LogP) is 1.29. The first-order valence-corrected chi connectivity index (χ1v) is 4.97. The number of aliphatic carboxylic acids is 1. The number of methoxy groups -OCH3 is 1. The summed E-state index contributed by atoms with van der Waals surface area (Å²) in [6.45, 7) is 1.38. The molecule has 17 heavy (non-hydrogen) atoms. The fourth-order valence-electron chi connectivity index (χ4n) is 1.10. The van der Waals surface area contributed by atoms with Gasteiger partial charge in [0, 0.05) is 5.69 Å². The Kier molecular flexibility index (Phi) is 4.33. The summed E-state index contributed by atoms with van der Waals surface area (Å²) in [7, 11) is 1.55. The molecule has 0 aliphatic rings. The van der Waals surface area contributed by atoms with Crippen LogP contribution in [0.5, 0.6) is 5.75 Å². The van der Waals surface area contributed by atoms with E-state index in [1.54, 1.807) is 31.4 Å². The number of ether oxygens (including phenoxy) is 1. The highest BCUT2D eigenvalue weighted by Crippen LogP contribution is 2.14. The van der Waals surface area contributed by atoms with E-state index in [2.05, 4.69) is 10.6 Å². The van der Waals surface area contributed by atoms with E-state index in [-0.39, 0.29) is 0 Å². The maximum atomic E-state index is 11.4. The minimum Gasteiger partial charge on any atom is -0.497 e. The first kappa shape index (κ1) is 12.8. The van der Waals surface area contributed by atoms with E-state index in [0.29, 0.717) is 11.4 Å². The van der Waals surface area contributed by atoms with Crippen LogP contribution in [0, 0.1) is 0 Å². The Morgan fingerprint density at radius 1 is 1.29 bits per heavy atom. The minimum atomic E-state index is -1.09. The molecule has 6 nitrogen and oxygen atoms in total. The van der Waals surface area contributed by atoms with E-state index in [1.807, 2.05) is 0 Å². The Hall–Kier alpha value is -2.24. The third-order valence-corrected chi connectivity index (χ3v) is 2.07. The van der Waals surface area contributed by atoms with Crippen LogP contribution in [-0.2, 0) is 4.79 Å². The van der Waals surface area contributed by atoms with Crippen LogP contribution in [0.15, 0.2) is 24.3 Å². The van der Waals surface area contributed by atoms with Gasteiger partial charge in [0.25, 0.3) is 0 Å². The summed E-state index contributed by atoms with van der Waals surface area (Å²) in [6, 6.07) is 5.19. The molecule has 0 unspecified atom stereocenters. The Balaban J connectivity index is 2.53. The van der Waals surface area contributed by atoms with Gasteiger partial charge in [-0.2, -0.15) is 0 Å². The third kappa shape index (κ3) is 4.02. The van der Waals surface area contributed by atoms with Crippen molar-refractivity contribution in [3.8, 4) is 5.75 Å². The number of carbonyl (C=O) groups excluding carboxylic acids is 1. The number of hydrogen-bond donors (Lipinski definition) is 3. The van der Waals surface area contributed by atoms with E-state index in [9.17, 15) is 9.59 Å². The summed E-state index contributed by atoms with van der Waals surface area (Å²) in [5.74, 6) is -0.412. The number of carboxylic acids is 1. The number of urea groups is 1. The lowest BCUT2D eigenvalue weighted by Gasteiger charge is -2.10. The van der Waals surface area contributed by atoms with Gasteiger partial charge in [-0.15, -0.1) is 0 Å². The summed E-state index contributed by atoms with van der Waals surface area (Å²) < 4.78 is 4.96. The molecule has 0 fully saturated rings. The van der Waals surface area contributed by atoms with Gasteiger partial charge in [-0.1, -0.05) is 0 Å². The molecule has 6 heteroatoms. The van der Waals surface area contributed by atoms with Gasteiger partial charge in [-0.25, -0.2) is 4.79 Å². The van der Waals surface area contributed by atoms with Crippen LogP contribution < -0.4 is 15.4 Å². The second-order valence-electron chi connectivity index (χ2n) is 3.39. The van der Waals surface area contributed by atoms with E-state index < -0.39 is 18.0 Å². The molecule has 0 heterocycles. The van der Waals surface area contributed by atoms with Crippen LogP contribution >= 0.6 is 0 Å². The monoisotopic (exact) mass is 238 g/mol. The molecule has 2 amide bonds. The minimum absolute atomic E-state index is 0.556. The number of anilines is 1. The standard InChI is InChI=1S/C11H14N2O4/c1-7(10(14)15)12-11(16)13-8-3-5-9(17-2)6-4-8/h3-7H,1-2H3,(H,14,15)(H2,12,13,16)/t7-/m1/s1. The van der Waals surface area contributed by atoms with Crippen molar-refractivity contribution >= 4 is 17.7 Å². The van der Waals surface area contributed by atoms with Gasteiger partial charge in [0.05, 0.1) is 7.11 Å². The van der Waals surface area contributed by atoms with Crippen molar-refractivity contribution in [3.63, 3.8) is 0 Å². The SMILES string of the molecule is COc1ccc(NC(=O)N[C@H](C)C(=O)O)cc1. The largest absolute Gasteiger partial charge is 0.497 e. The molecule has 92 valence electrons. The van der Waals surface area contributed by atoms with Crippen molar-refractivity contribution in [1.29, 1.82) is 0 Å². The normalized spacial score (nSPS) is 11.4. The van der Waals surface area contributed by atoms with Crippen LogP contribution in [0.3, 0.4) is 0 Å². The van der Waals surface area contributed by atoms with E-state index >= 15 is 0 Å². The summed E-state index contributed by atoms with van der Waals surface area (Å²) in [5, 5.41) is 13.4. The Morgan fingerprint density at radius 2 is 1.88 bits per heavy atom. The highest BCUT2D eigenvalue weighted by molar-refractivity contribution is 5.92. The molecule has 0 saturated carbocycles. The second kappa shape index (κ2) is 5.74. The smallest absolute Gasteiger partial charge is 0.325 e. The Labute approximate surface area is 98.6 Å². The molecular weight excluding hydrogens is 224 g/mol. The summed E-state index contributed by atoms with van der Waals surface area (Å²) >= 11 is 0. The molecule has 0 saturated heterocycles. The van der Waals surface area contributed by atoms with Gasteiger partial charge in [0.15, 0.2) is 0 Å². The predicted molar refractivity (Wildman–Crippen MR) is 62.2 cm³/mol.